The van der Waals surface area contributed by atoms with Crippen molar-refractivity contribution in [3.8, 4) is 34.0 Å². The van der Waals surface area contributed by atoms with Gasteiger partial charge in [-0.3, -0.25) is 0 Å². The minimum atomic E-state index is 0.0715. The number of likely N-dealkylation sites (N-methyl/N-ethyl adjacent to an activating group) is 1. The highest BCUT2D eigenvalue weighted by Crippen LogP contribution is 2.33. The van der Waals surface area contributed by atoms with Crippen LogP contribution in [-0.2, 0) is 0 Å². The highest BCUT2D eigenvalue weighted by molar-refractivity contribution is 5.75. The molecule has 2 aromatic carbocycles. The number of hydrogen-bond acceptors (Lipinski definition) is 6. The van der Waals surface area contributed by atoms with Crippen LogP contribution in [0.2, 0.25) is 0 Å². The van der Waals surface area contributed by atoms with Crippen molar-refractivity contribution in [1.29, 1.82) is 0 Å². The monoisotopic (exact) mass is 414 g/mol. The van der Waals surface area contributed by atoms with E-state index in [-0.39, 0.29) is 11.8 Å². The quantitative estimate of drug-likeness (QED) is 0.477. The molecule has 0 bridgehead atoms. The Kier molecular flexibility index (Phi) is 5.95. The molecule has 0 fully saturated rings. The number of phenolic OH excluding ortho intramolecular Hbond substituents is 1. The second-order valence-corrected chi connectivity index (χ2v) is 7.52. The molecule has 7 heteroatoms. The molecule has 0 unspecified atom stereocenters. The molecule has 2 heterocycles. The summed E-state index contributed by atoms with van der Waals surface area (Å²) in [6.45, 7) is 2.76. The third-order valence-electron chi connectivity index (χ3n) is 5.25. The van der Waals surface area contributed by atoms with Gasteiger partial charge >= 0.3 is 0 Å². The molecule has 158 valence electrons. The number of anilines is 1. The molecule has 7 nitrogen and oxygen atoms in total. The Balaban J connectivity index is 1.68. The van der Waals surface area contributed by atoms with Crippen molar-refractivity contribution in [2.24, 2.45) is 5.73 Å². The van der Waals surface area contributed by atoms with Crippen LogP contribution >= 0.6 is 0 Å². The van der Waals surface area contributed by atoms with E-state index in [2.05, 4.69) is 28.1 Å². The van der Waals surface area contributed by atoms with E-state index < -0.39 is 0 Å². The maximum atomic E-state index is 10.5. The van der Waals surface area contributed by atoms with Gasteiger partial charge in [0.05, 0.1) is 11.3 Å². The lowest BCUT2D eigenvalue weighted by molar-refractivity contribution is 0.477. The Hall–Kier alpha value is -3.71. The van der Waals surface area contributed by atoms with E-state index >= 15 is 0 Å². The fraction of sp³-hybridized carbons (Fsp3) is 0.208. The molecular formula is C24H26N6O. The molecule has 31 heavy (non-hydrogen) atoms. The maximum absolute atomic E-state index is 10.5. The van der Waals surface area contributed by atoms with E-state index in [1.54, 1.807) is 18.5 Å². The highest BCUT2D eigenvalue weighted by Gasteiger charge is 2.13. The average Bonchev–Trinajstić information content (AvgIpc) is 3.34. The van der Waals surface area contributed by atoms with Gasteiger partial charge in [-0.05, 0) is 53.9 Å². The lowest BCUT2D eigenvalue weighted by Crippen LogP contribution is -2.35. The van der Waals surface area contributed by atoms with Gasteiger partial charge in [0.25, 0.3) is 0 Å². The van der Waals surface area contributed by atoms with Gasteiger partial charge in [-0.2, -0.15) is 5.10 Å². The normalized spacial score (nSPS) is 12.0. The van der Waals surface area contributed by atoms with E-state index in [1.165, 1.54) is 0 Å². The lowest BCUT2D eigenvalue weighted by atomic mass is 10.0. The smallest absolute Gasteiger partial charge is 0.165 e. The first-order valence-electron chi connectivity index (χ1n) is 10.3. The fourth-order valence-corrected chi connectivity index (χ4v) is 3.41. The zero-order valence-corrected chi connectivity index (χ0v) is 17.7. The first-order chi connectivity index (χ1) is 15.0. The summed E-state index contributed by atoms with van der Waals surface area (Å²) in [6, 6.07) is 17.4. The molecular weight excluding hydrogens is 388 g/mol. The third kappa shape index (κ3) is 4.57. The molecule has 0 saturated carbocycles. The van der Waals surface area contributed by atoms with Gasteiger partial charge in [0.2, 0.25) is 0 Å². The Labute approximate surface area is 181 Å². The Morgan fingerprint density at radius 1 is 1.06 bits per heavy atom. The lowest BCUT2D eigenvalue weighted by Gasteiger charge is -2.22. The van der Waals surface area contributed by atoms with Gasteiger partial charge < -0.3 is 15.7 Å². The number of nitrogens with two attached hydrogens (primary N) is 1. The van der Waals surface area contributed by atoms with E-state index in [0.29, 0.717) is 17.9 Å². The van der Waals surface area contributed by atoms with E-state index in [9.17, 15) is 5.11 Å². The second kappa shape index (κ2) is 8.97. The van der Waals surface area contributed by atoms with E-state index in [1.807, 2.05) is 65.3 Å². The summed E-state index contributed by atoms with van der Waals surface area (Å²) in [5.41, 5.74) is 9.59. The molecule has 3 N–H and O–H groups in total. The number of hydrogen-bond donors (Lipinski definition) is 2. The van der Waals surface area contributed by atoms with Crippen molar-refractivity contribution >= 4 is 5.82 Å². The molecule has 0 saturated heterocycles. The van der Waals surface area contributed by atoms with Crippen molar-refractivity contribution in [3.63, 3.8) is 0 Å². The van der Waals surface area contributed by atoms with Gasteiger partial charge in [-0.15, -0.1) is 0 Å². The molecule has 0 amide bonds. The summed E-state index contributed by atoms with van der Waals surface area (Å²) >= 11 is 0. The van der Waals surface area contributed by atoms with E-state index in [4.69, 9.17) is 5.73 Å². The Morgan fingerprint density at radius 3 is 2.68 bits per heavy atom. The summed E-state index contributed by atoms with van der Waals surface area (Å²) in [6.07, 6.45) is 6.25. The summed E-state index contributed by atoms with van der Waals surface area (Å²) in [5, 5.41) is 14.8. The predicted octanol–water partition coefficient (Wildman–Crippen LogP) is 3.88. The van der Waals surface area contributed by atoms with Crippen LogP contribution in [0, 0.1) is 0 Å². The highest BCUT2D eigenvalue weighted by atomic mass is 16.3. The van der Waals surface area contributed by atoms with Crippen molar-refractivity contribution < 1.29 is 5.11 Å². The van der Waals surface area contributed by atoms with Gasteiger partial charge in [-0.1, -0.05) is 25.1 Å². The van der Waals surface area contributed by atoms with Crippen LogP contribution < -0.4 is 10.6 Å². The fourth-order valence-electron chi connectivity index (χ4n) is 3.41. The average molecular weight is 415 g/mol. The number of rotatable bonds is 7. The maximum Gasteiger partial charge on any atom is 0.165 e. The molecule has 1 atom stereocenters. The molecule has 0 aliphatic carbocycles. The SMILES string of the molecule is CC[C@@H](N)CN(C)c1ccnc(-c2cc(-c3cccc(-n4cccn4)c3)ccc2O)n1. The van der Waals surface area contributed by atoms with Crippen molar-refractivity contribution in [3.05, 3.63) is 73.2 Å². The van der Waals surface area contributed by atoms with Gasteiger partial charge in [0.15, 0.2) is 5.82 Å². The minimum Gasteiger partial charge on any atom is -0.507 e. The topological polar surface area (TPSA) is 93.1 Å². The first-order valence-corrected chi connectivity index (χ1v) is 10.3. The summed E-state index contributed by atoms with van der Waals surface area (Å²) in [7, 11) is 1.96. The molecule has 0 aliphatic heterocycles. The summed E-state index contributed by atoms with van der Waals surface area (Å²) < 4.78 is 1.81. The second-order valence-electron chi connectivity index (χ2n) is 7.52. The zero-order valence-electron chi connectivity index (χ0n) is 17.7. The largest absolute Gasteiger partial charge is 0.507 e. The standard InChI is InChI=1S/C24H26N6O/c1-3-19(25)16-29(2)23-10-12-26-24(28-23)21-15-18(8-9-22(21)31)17-6-4-7-20(14-17)30-13-5-11-27-30/h4-15,19,31H,3,16,25H2,1-2H3/t19-/m1/s1. The minimum absolute atomic E-state index is 0.0715. The van der Waals surface area contributed by atoms with Crippen LogP contribution in [0.4, 0.5) is 5.82 Å². The van der Waals surface area contributed by atoms with Crippen molar-refractivity contribution in [1.82, 2.24) is 19.7 Å². The van der Waals surface area contributed by atoms with Gasteiger partial charge in [-0.25, -0.2) is 14.6 Å². The van der Waals surface area contributed by atoms with Crippen LogP contribution in [-0.4, -0.2) is 44.5 Å². The van der Waals surface area contributed by atoms with Crippen LogP contribution in [0.15, 0.2) is 73.2 Å². The first kappa shape index (κ1) is 20.6. The number of aromatic hydroxyl groups is 1. The van der Waals surface area contributed by atoms with Crippen molar-refractivity contribution in [2.45, 2.75) is 19.4 Å². The third-order valence-corrected chi connectivity index (χ3v) is 5.25. The molecule has 0 spiro atoms. The molecule has 0 radical (unpaired) electrons. The van der Waals surface area contributed by atoms with Crippen LogP contribution in [0.1, 0.15) is 13.3 Å². The van der Waals surface area contributed by atoms with Crippen LogP contribution in [0.25, 0.3) is 28.2 Å². The summed E-state index contributed by atoms with van der Waals surface area (Å²) in [5.74, 6) is 1.37. The van der Waals surface area contributed by atoms with Crippen molar-refractivity contribution in [2.75, 3.05) is 18.5 Å². The zero-order chi connectivity index (χ0) is 21.8. The number of phenols is 1. The Morgan fingerprint density at radius 2 is 1.90 bits per heavy atom. The van der Waals surface area contributed by atoms with Crippen LogP contribution in [0.5, 0.6) is 5.75 Å². The summed E-state index contributed by atoms with van der Waals surface area (Å²) in [4.78, 5) is 11.1. The number of benzene rings is 2. The molecule has 4 aromatic rings. The predicted molar refractivity (Wildman–Crippen MR) is 123 cm³/mol. The molecule has 2 aromatic heterocycles. The van der Waals surface area contributed by atoms with Gasteiger partial charge in [0, 0.05) is 38.2 Å². The molecule has 0 aliphatic rings. The van der Waals surface area contributed by atoms with E-state index in [0.717, 1.165) is 29.1 Å². The Bertz CT molecular complexity index is 1160. The van der Waals surface area contributed by atoms with Crippen LogP contribution in [0.3, 0.4) is 0 Å². The van der Waals surface area contributed by atoms with Gasteiger partial charge in [0.1, 0.15) is 11.6 Å². The molecule has 4 rings (SSSR count). The number of nitrogens with zero attached hydrogens (tertiary/aromatic N) is 5. The number of aromatic nitrogens is 4.